The number of carbonyl (C=O) groups excluding carboxylic acids is 1. The molecule has 142 valence electrons. The second kappa shape index (κ2) is 6.76. The van der Waals surface area contributed by atoms with Crippen LogP contribution >= 0.6 is 0 Å². The van der Waals surface area contributed by atoms with Gasteiger partial charge in [-0.15, -0.1) is 0 Å². The van der Waals surface area contributed by atoms with Crippen molar-refractivity contribution in [2.24, 2.45) is 0 Å². The number of nitrogens with one attached hydrogen (secondary N) is 1. The van der Waals surface area contributed by atoms with Gasteiger partial charge in [0.05, 0.1) is 12.1 Å². The van der Waals surface area contributed by atoms with Crippen molar-refractivity contribution in [1.82, 2.24) is 10.2 Å². The summed E-state index contributed by atoms with van der Waals surface area (Å²) in [4.78, 5) is 15.2. The molecule has 1 spiro atoms. The Morgan fingerprint density at radius 3 is 2.73 bits per heavy atom. The number of carbonyl (C=O) groups is 1. The van der Waals surface area contributed by atoms with Crippen LogP contribution in [0.4, 0.5) is 0 Å². The number of nitrogens with zero attached hydrogens (tertiary/aromatic N) is 1. The van der Waals surface area contributed by atoms with Crippen LogP contribution in [0, 0.1) is 0 Å². The maximum atomic E-state index is 13.2. The van der Waals surface area contributed by atoms with Crippen LogP contribution in [-0.2, 0) is 11.2 Å². The van der Waals surface area contributed by atoms with Gasteiger partial charge in [0, 0.05) is 24.1 Å². The molecule has 1 amide bonds. The number of hydrogen-bond acceptors (Lipinski definition) is 4. The van der Waals surface area contributed by atoms with E-state index < -0.39 is 5.54 Å². The minimum atomic E-state index is -0.393. The van der Waals surface area contributed by atoms with E-state index in [1.54, 1.807) is 0 Å². The first kappa shape index (κ1) is 17.7. The first-order chi connectivity index (χ1) is 12.6. The van der Waals surface area contributed by atoms with Gasteiger partial charge in [-0.1, -0.05) is 19.3 Å². The largest absolute Gasteiger partial charge is 0.493 e. The Balaban J connectivity index is 1.74. The molecule has 5 heteroatoms. The van der Waals surface area contributed by atoms with E-state index in [-0.39, 0.29) is 18.2 Å². The molecule has 26 heavy (non-hydrogen) atoms. The lowest BCUT2D eigenvalue weighted by Gasteiger charge is -2.31. The lowest BCUT2D eigenvalue weighted by atomic mass is 9.81. The average molecular weight is 358 g/mol. The molecule has 0 bridgehead atoms. The first-order valence-corrected chi connectivity index (χ1v) is 10.1. The molecule has 0 radical (unpaired) electrons. The maximum Gasteiger partial charge on any atom is 0.244 e. The van der Waals surface area contributed by atoms with Crippen molar-refractivity contribution in [2.45, 2.75) is 77.1 Å². The molecular weight excluding hydrogens is 328 g/mol. The van der Waals surface area contributed by atoms with Crippen LogP contribution < -0.4 is 14.8 Å². The molecule has 2 aliphatic heterocycles. The predicted octanol–water partition coefficient (Wildman–Crippen LogP) is 3.56. The van der Waals surface area contributed by atoms with E-state index in [9.17, 15) is 4.79 Å². The number of benzene rings is 1. The zero-order valence-corrected chi connectivity index (χ0v) is 16.1. The molecule has 4 rings (SSSR count). The first-order valence-electron chi connectivity index (χ1n) is 10.1. The third-order valence-corrected chi connectivity index (χ3v) is 6.07. The lowest BCUT2D eigenvalue weighted by Crippen LogP contribution is -2.48. The molecule has 2 fully saturated rings. The Bertz CT molecular complexity index is 697. The highest BCUT2D eigenvalue weighted by Gasteiger charge is 2.51. The van der Waals surface area contributed by atoms with E-state index in [0.29, 0.717) is 13.2 Å². The van der Waals surface area contributed by atoms with Crippen molar-refractivity contribution in [2.75, 3.05) is 13.2 Å². The van der Waals surface area contributed by atoms with Gasteiger partial charge < -0.3 is 14.4 Å². The van der Waals surface area contributed by atoms with Crippen LogP contribution in [0.25, 0.3) is 0 Å². The summed E-state index contributed by atoms with van der Waals surface area (Å²) in [6.45, 7) is 7.45. The molecular formula is C21H30N2O3. The van der Waals surface area contributed by atoms with Crippen LogP contribution in [0.5, 0.6) is 11.5 Å². The van der Waals surface area contributed by atoms with Gasteiger partial charge in [-0.05, 0) is 45.7 Å². The fourth-order valence-electron chi connectivity index (χ4n) is 4.83. The van der Waals surface area contributed by atoms with Crippen molar-refractivity contribution in [1.29, 1.82) is 0 Å². The smallest absolute Gasteiger partial charge is 0.244 e. The number of hydrogen-bond donors (Lipinski definition) is 1. The number of ether oxygens (including phenoxy) is 2. The van der Waals surface area contributed by atoms with Crippen molar-refractivity contribution in [3.05, 3.63) is 23.3 Å². The summed E-state index contributed by atoms with van der Waals surface area (Å²) >= 11 is 0. The second-order valence-corrected chi connectivity index (χ2v) is 7.84. The normalized spacial score (nSPS) is 26.9. The number of likely N-dealkylation sites (N-methyl/N-ethyl adjacent to an activating group) is 1. The highest BCUT2D eigenvalue weighted by molar-refractivity contribution is 5.89. The van der Waals surface area contributed by atoms with Gasteiger partial charge in [0.2, 0.25) is 5.91 Å². The Hall–Kier alpha value is -1.75. The van der Waals surface area contributed by atoms with E-state index >= 15 is 0 Å². The van der Waals surface area contributed by atoms with Gasteiger partial charge in [0.1, 0.15) is 23.8 Å². The van der Waals surface area contributed by atoms with Gasteiger partial charge >= 0.3 is 0 Å². The molecule has 1 N–H and O–H groups in total. The quantitative estimate of drug-likeness (QED) is 0.894. The van der Waals surface area contributed by atoms with Crippen LogP contribution in [0.1, 0.15) is 70.2 Å². The second-order valence-electron chi connectivity index (χ2n) is 7.84. The van der Waals surface area contributed by atoms with Gasteiger partial charge in [0.25, 0.3) is 0 Å². The minimum absolute atomic E-state index is 0.142. The summed E-state index contributed by atoms with van der Waals surface area (Å²) in [5, 5.41) is 3.72. The van der Waals surface area contributed by atoms with E-state index in [1.807, 2.05) is 11.8 Å². The van der Waals surface area contributed by atoms with Crippen LogP contribution in [0.15, 0.2) is 12.1 Å². The van der Waals surface area contributed by atoms with Crippen LogP contribution in [-0.4, -0.2) is 35.6 Å². The van der Waals surface area contributed by atoms with Gasteiger partial charge in [-0.25, -0.2) is 0 Å². The summed E-state index contributed by atoms with van der Waals surface area (Å²) in [6.07, 6.45) is 6.29. The molecule has 2 unspecified atom stereocenters. The van der Waals surface area contributed by atoms with Crippen molar-refractivity contribution in [3.8, 4) is 11.5 Å². The highest BCUT2D eigenvalue weighted by atomic mass is 16.5. The molecule has 5 nitrogen and oxygen atoms in total. The summed E-state index contributed by atoms with van der Waals surface area (Å²) < 4.78 is 12.0. The lowest BCUT2D eigenvalue weighted by molar-refractivity contribution is -0.134. The van der Waals surface area contributed by atoms with Crippen LogP contribution in [0.2, 0.25) is 0 Å². The monoisotopic (exact) mass is 358 g/mol. The number of amides is 1. The number of rotatable bonds is 4. The molecule has 0 aromatic heterocycles. The number of fused-ring (bicyclic) bond motifs is 1. The predicted molar refractivity (Wildman–Crippen MR) is 100 cm³/mol. The molecule has 1 saturated heterocycles. The van der Waals surface area contributed by atoms with Gasteiger partial charge in [-0.2, -0.15) is 0 Å². The van der Waals surface area contributed by atoms with Gasteiger partial charge in [-0.3, -0.25) is 10.1 Å². The SMILES string of the molecule is CCOc1cc2c(cc1C1NC3(CCCCC3)C(=O)N1CC)OC(C)C2. The Morgan fingerprint density at radius 2 is 2.04 bits per heavy atom. The molecule has 1 saturated carbocycles. The van der Waals surface area contributed by atoms with E-state index in [1.165, 1.54) is 12.0 Å². The minimum Gasteiger partial charge on any atom is -0.493 e. The Labute approximate surface area is 156 Å². The third-order valence-electron chi connectivity index (χ3n) is 6.07. The van der Waals surface area contributed by atoms with E-state index in [2.05, 4.69) is 31.3 Å². The van der Waals surface area contributed by atoms with Gasteiger partial charge in [0.15, 0.2) is 0 Å². The molecule has 2 atom stereocenters. The zero-order chi connectivity index (χ0) is 18.3. The fraction of sp³-hybridized carbons (Fsp3) is 0.667. The fourth-order valence-corrected chi connectivity index (χ4v) is 4.83. The summed E-state index contributed by atoms with van der Waals surface area (Å²) in [6, 6.07) is 4.21. The Kier molecular flexibility index (Phi) is 4.59. The Morgan fingerprint density at radius 1 is 1.27 bits per heavy atom. The van der Waals surface area contributed by atoms with Crippen LogP contribution in [0.3, 0.4) is 0 Å². The molecule has 1 aromatic carbocycles. The molecule has 3 aliphatic rings. The summed E-state index contributed by atoms with van der Waals surface area (Å²) in [5.41, 5.74) is 1.83. The van der Waals surface area contributed by atoms with Crippen molar-refractivity contribution in [3.63, 3.8) is 0 Å². The van der Waals surface area contributed by atoms with E-state index in [0.717, 1.165) is 49.2 Å². The molecule has 1 aromatic rings. The third kappa shape index (κ3) is 2.77. The van der Waals surface area contributed by atoms with Crippen molar-refractivity contribution < 1.29 is 14.3 Å². The molecule has 2 heterocycles. The topological polar surface area (TPSA) is 50.8 Å². The zero-order valence-electron chi connectivity index (χ0n) is 16.1. The molecule has 1 aliphatic carbocycles. The highest BCUT2D eigenvalue weighted by Crippen LogP contribution is 2.44. The van der Waals surface area contributed by atoms with Crippen molar-refractivity contribution >= 4 is 5.91 Å². The standard InChI is InChI=1S/C21H30N2O3/c1-4-23-19(22-21(20(23)24)9-7-6-8-10-21)16-13-17-15(11-14(3)26-17)12-18(16)25-5-2/h12-14,19,22H,4-11H2,1-3H3. The summed E-state index contributed by atoms with van der Waals surface area (Å²) in [7, 11) is 0. The van der Waals surface area contributed by atoms with E-state index in [4.69, 9.17) is 9.47 Å². The summed E-state index contributed by atoms with van der Waals surface area (Å²) in [5.74, 6) is 2.06. The average Bonchev–Trinajstić information content (AvgIpc) is 3.12. The maximum absolute atomic E-state index is 13.2.